The molecule has 0 bridgehead atoms. The lowest BCUT2D eigenvalue weighted by Gasteiger charge is -2.46. The molecule has 7 atom stereocenters. The number of amides is 3. The number of ether oxygens (including phenoxy) is 3. The van der Waals surface area contributed by atoms with Gasteiger partial charge < -0.3 is 29.7 Å². The molecule has 10 rings (SSSR count). The zero-order valence-corrected chi connectivity index (χ0v) is 42.5. The molecule has 7 unspecified atom stereocenters. The number of hydrogen-bond acceptors (Lipinski definition) is 13. The van der Waals surface area contributed by atoms with E-state index in [-0.39, 0.29) is 36.7 Å². The smallest absolute Gasteiger partial charge is 0.421 e. The molecule has 16 heteroatoms. The Labute approximate surface area is 450 Å². The first-order valence-corrected chi connectivity index (χ1v) is 25.5. The number of imide groups is 1. The highest BCUT2D eigenvalue weighted by molar-refractivity contribution is 6.23. The number of non-ortho nitro benzene ring substituents is 1. The number of nitro benzene ring substituents is 1. The number of morpholine rings is 1. The van der Waals surface area contributed by atoms with Gasteiger partial charge in [-0.3, -0.25) is 34.3 Å². The molecule has 3 N–H and O–H groups in total. The molecule has 78 heavy (non-hydrogen) atoms. The Hall–Kier alpha value is -8.98. The number of cyclic esters (lactones) is 1. The summed E-state index contributed by atoms with van der Waals surface area (Å²) >= 11 is 0. The van der Waals surface area contributed by atoms with Crippen LogP contribution >= 0.6 is 0 Å². The second-order valence-corrected chi connectivity index (χ2v) is 19.4. The lowest BCUT2D eigenvalue weighted by Crippen LogP contribution is -2.56. The van der Waals surface area contributed by atoms with Crippen LogP contribution in [0.4, 0.5) is 16.2 Å². The van der Waals surface area contributed by atoms with E-state index in [1.165, 1.54) is 24.3 Å². The van der Waals surface area contributed by atoms with Crippen molar-refractivity contribution in [3.05, 3.63) is 243 Å². The summed E-state index contributed by atoms with van der Waals surface area (Å²) in [6.45, 7) is -0.144. The van der Waals surface area contributed by atoms with Crippen LogP contribution in [-0.2, 0) is 42.4 Å². The van der Waals surface area contributed by atoms with E-state index in [0.717, 1.165) is 10.5 Å². The Morgan fingerprint density at radius 2 is 1.45 bits per heavy atom. The lowest BCUT2D eigenvalue weighted by atomic mass is 9.65. The van der Waals surface area contributed by atoms with Crippen LogP contribution in [0.1, 0.15) is 68.8 Å². The van der Waals surface area contributed by atoms with Gasteiger partial charge in [-0.15, -0.1) is 0 Å². The fourth-order valence-electron chi connectivity index (χ4n) is 11.2. The molecule has 0 aromatic heterocycles. The van der Waals surface area contributed by atoms with Gasteiger partial charge in [-0.25, -0.2) is 9.69 Å². The standard InChI is InChI=1S/C62H55N5O11/c1-64(39-42-16-6-2-7-17-42)33-15-18-41-29-32-51-50(36-41)62(60(72)65(51)61(73)77-40-43-27-30-48(31-28-43)67(74)75)53(58(70)63-38-52(69)44-19-8-3-9-20-44)55-59(71)78-56(46-23-12-5-13-24-46)54(45-21-10-4-11-22-45)66(55)57(62)47-25-14-26-49(37-47)76-35-34-68/h2-14,16-17,19-32,36-37,52-57,68-69H,33-35,38-40H2,1H3,(H,63,70). The van der Waals surface area contributed by atoms with Gasteiger partial charge in [0, 0.05) is 30.8 Å². The summed E-state index contributed by atoms with van der Waals surface area (Å²) in [6.07, 6.45) is -3.34. The van der Waals surface area contributed by atoms with Gasteiger partial charge in [-0.05, 0) is 88.5 Å². The number of benzene rings is 7. The molecule has 3 aliphatic rings. The van der Waals surface area contributed by atoms with Gasteiger partial charge in [0.25, 0.3) is 5.69 Å². The monoisotopic (exact) mass is 1050 g/mol. The molecule has 0 radical (unpaired) electrons. The summed E-state index contributed by atoms with van der Waals surface area (Å²) in [7, 11) is 1.94. The fourth-order valence-corrected chi connectivity index (χ4v) is 11.2. The molecule has 394 valence electrons. The Morgan fingerprint density at radius 1 is 0.795 bits per heavy atom. The SMILES string of the molecule is CN(CC#Cc1ccc2c(c1)C1(C(=O)N2C(=O)OCc2ccc([N+](=O)[O-])cc2)C(C(=O)NCC(O)c2ccccc2)C2C(=O)OC(c3ccccc3)C(c3ccccc3)N2C1c1cccc(OCCO)c1)Cc1ccccc1. The van der Waals surface area contributed by atoms with Crippen molar-refractivity contribution in [2.24, 2.45) is 5.92 Å². The van der Waals surface area contributed by atoms with E-state index in [0.29, 0.717) is 52.2 Å². The number of rotatable bonds is 16. The normalized spacial score (nSPS) is 20.7. The van der Waals surface area contributed by atoms with Crippen LogP contribution in [0.3, 0.4) is 0 Å². The summed E-state index contributed by atoms with van der Waals surface area (Å²) in [5.74, 6) is 2.64. The van der Waals surface area contributed by atoms with Gasteiger partial charge in [0.05, 0.1) is 47.9 Å². The van der Waals surface area contributed by atoms with Crippen LogP contribution in [0, 0.1) is 27.9 Å². The minimum Gasteiger partial charge on any atom is -0.491 e. The van der Waals surface area contributed by atoms with E-state index in [2.05, 4.69) is 17.2 Å². The number of aliphatic hydroxyl groups is 2. The molecule has 7 aromatic rings. The Morgan fingerprint density at radius 3 is 2.13 bits per heavy atom. The highest BCUT2D eigenvalue weighted by atomic mass is 16.6. The number of anilines is 1. The second-order valence-electron chi connectivity index (χ2n) is 19.4. The third kappa shape index (κ3) is 10.3. The third-order valence-electron chi connectivity index (χ3n) is 14.5. The van der Waals surface area contributed by atoms with Crippen molar-refractivity contribution < 1.29 is 48.5 Å². The van der Waals surface area contributed by atoms with Gasteiger partial charge in [0.15, 0.2) is 0 Å². The summed E-state index contributed by atoms with van der Waals surface area (Å²) in [5.41, 5.74) is 2.02. The van der Waals surface area contributed by atoms with Gasteiger partial charge in [0.2, 0.25) is 11.8 Å². The van der Waals surface area contributed by atoms with Crippen LogP contribution in [0.25, 0.3) is 0 Å². The average Bonchev–Trinajstić information content (AvgIpc) is 2.98. The molecule has 0 saturated carbocycles. The maximum Gasteiger partial charge on any atom is 0.421 e. The maximum absolute atomic E-state index is 16.7. The van der Waals surface area contributed by atoms with Crippen LogP contribution in [0.15, 0.2) is 188 Å². The van der Waals surface area contributed by atoms with E-state index < -0.39 is 77.1 Å². The van der Waals surface area contributed by atoms with E-state index in [1.54, 1.807) is 72.8 Å². The van der Waals surface area contributed by atoms with Crippen molar-refractivity contribution >= 4 is 35.3 Å². The number of fused-ring (bicyclic) bond motifs is 3. The Bertz CT molecular complexity index is 3380. The minimum absolute atomic E-state index is 0.0596. The minimum atomic E-state index is -2.21. The molecule has 3 amide bonds. The molecule has 3 aliphatic heterocycles. The Kier molecular flexibility index (Phi) is 15.5. The summed E-state index contributed by atoms with van der Waals surface area (Å²) in [5, 5.41) is 35.9. The van der Waals surface area contributed by atoms with Crippen LogP contribution in [0.2, 0.25) is 0 Å². The van der Waals surface area contributed by atoms with Crippen molar-refractivity contribution in [1.29, 1.82) is 0 Å². The number of hydrogen-bond donors (Lipinski definition) is 3. The summed E-state index contributed by atoms with van der Waals surface area (Å²) in [4.78, 5) is 79.0. The quantitative estimate of drug-likeness (QED) is 0.0362. The fraction of sp³-hybridized carbons (Fsp3) is 0.226. The van der Waals surface area contributed by atoms with Crippen molar-refractivity contribution in [1.82, 2.24) is 15.1 Å². The number of nitrogens with zero attached hydrogens (tertiary/aromatic N) is 4. The van der Waals surface area contributed by atoms with Crippen LogP contribution < -0.4 is 15.0 Å². The summed E-state index contributed by atoms with van der Waals surface area (Å²) < 4.78 is 18.5. The number of aliphatic hydroxyl groups excluding tert-OH is 2. The summed E-state index contributed by atoms with van der Waals surface area (Å²) in [6, 6.07) is 50.7. The first-order chi connectivity index (χ1) is 38.0. The third-order valence-corrected chi connectivity index (χ3v) is 14.5. The first kappa shape index (κ1) is 52.5. The number of carbonyl (C=O) groups is 4. The number of esters is 1. The topological polar surface area (TPSA) is 201 Å². The maximum atomic E-state index is 16.7. The number of nitrogens with one attached hydrogen (secondary N) is 1. The second kappa shape index (κ2) is 23.1. The van der Waals surface area contributed by atoms with Gasteiger partial charge in [0.1, 0.15) is 36.5 Å². The van der Waals surface area contributed by atoms with Crippen LogP contribution in [-0.4, -0.2) is 88.2 Å². The molecule has 1 spiro atoms. The highest BCUT2D eigenvalue weighted by Gasteiger charge is 2.76. The predicted octanol–water partition coefficient (Wildman–Crippen LogP) is 8.30. The molecule has 0 aliphatic carbocycles. The van der Waals surface area contributed by atoms with Gasteiger partial charge in [-0.1, -0.05) is 145 Å². The van der Waals surface area contributed by atoms with Crippen molar-refractivity contribution in [2.75, 3.05) is 38.3 Å². The molecule has 2 saturated heterocycles. The van der Waals surface area contributed by atoms with E-state index in [9.17, 15) is 20.3 Å². The molecule has 2 fully saturated rings. The molecule has 7 aromatic carbocycles. The van der Waals surface area contributed by atoms with Gasteiger partial charge >= 0.3 is 12.1 Å². The van der Waals surface area contributed by atoms with E-state index in [1.807, 2.05) is 108 Å². The van der Waals surface area contributed by atoms with Gasteiger partial charge in [-0.2, -0.15) is 0 Å². The number of carbonyl (C=O) groups excluding carboxylic acids is 4. The van der Waals surface area contributed by atoms with Crippen molar-refractivity contribution in [3.63, 3.8) is 0 Å². The zero-order chi connectivity index (χ0) is 54.3. The van der Waals surface area contributed by atoms with Crippen LogP contribution in [0.5, 0.6) is 5.75 Å². The zero-order valence-electron chi connectivity index (χ0n) is 42.5. The lowest BCUT2D eigenvalue weighted by molar-refractivity contribution is -0.384. The highest BCUT2D eigenvalue weighted by Crippen LogP contribution is 2.66. The Balaban J connectivity index is 1.20. The molecular weight excluding hydrogens is 991 g/mol. The molecular formula is C62H55N5O11. The molecule has 16 nitrogen and oxygen atoms in total. The molecule has 3 heterocycles. The predicted molar refractivity (Wildman–Crippen MR) is 288 cm³/mol. The van der Waals surface area contributed by atoms with Crippen molar-refractivity contribution in [2.45, 2.75) is 48.9 Å². The van der Waals surface area contributed by atoms with E-state index in [4.69, 9.17) is 14.2 Å². The largest absolute Gasteiger partial charge is 0.491 e. The van der Waals surface area contributed by atoms with Crippen molar-refractivity contribution in [3.8, 4) is 17.6 Å². The first-order valence-electron chi connectivity index (χ1n) is 25.5. The van der Waals surface area contributed by atoms with E-state index >= 15 is 19.2 Å². The number of nitro groups is 1. The average molecular weight is 1050 g/mol.